The summed E-state index contributed by atoms with van der Waals surface area (Å²) in [4.78, 5) is 35.1. The van der Waals surface area contributed by atoms with Crippen LogP contribution in [0.15, 0.2) is 77.9 Å². The van der Waals surface area contributed by atoms with Crippen LogP contribution in [0.4, 0.5) is 0 Å². The lowest BCUT2D eigenvalue weighted by Crippen LogP contribution is -2.37. The van der Waals surface area contributed by atoms with Crippen LogP contribution >= 0.6 is 11.3 Å². The number of likely N-dealkylation sites (tertiary alicyclic amines) is 1. The first kappa shape index (κ1) is 21.0. The molecule has 0 aliphatic carbocycles. The van der Waals surface area contributed by atoms with E-state index in [-0.39, 0.29) is 17.4 Å². The highest BCUT2D eigenvalue weighted by molar-refractivity contribution is 7.10. The summed E-state index contributed by atoms with van der Waals surface area (Å²) in [5.74, 6) is -1.47. The molecular formula is C24H23N3O3S. The Labute approximate surface area is 185 Å². The molecule has 0 bridgehead atoms. The van der Waals surface area contributed by atoms with Crippen molar-refractivity contribution in [2.75, 3.05) is 20.6 Å². The third kappa shape index (κ3) is 4.02. The lowest BCUT2D eigenvalue weighted by atomic mass is 9.96. The van der Waals surface area contributed by atoms with Crippen LogP contribution in [-0.4, -0.2) is 52.2 Å². The third-order valence-corrected chi connectivity index (χ3v) is 6.43. The van der Waals surface area contributed by atoms with Gasteiger partial charge in [0.1, 0.15) is 5.76 Å². The van der Waals surface area contributed by atoms with Crippen molar-refractivity contribution in [2.24, 2.45) is 0 Å². The summed E-state index contributed by atoms with van der Waals surface area (Å²) in [5.41, 5.74) is 1.27. The third-order valence-electron chi connectivity index (χ3n) is 5.45. The first-order chi connectivity index (χ1) is 15.0. The van der Waals surface area contributed by atoms with Crippen molar-refractivity contribution in [1.82, 2.24) is 14.8 Å². The van der Waals surface area contributed by atoms with Crippen LogP contribution in [-0.2, 0) is 9.59 Å². The molecule has 2 aromatic heterocycles. The number of ketones is 1. The number of benzene rings is 1. The highest BCUT2D eigenvalue weighted by atomic mass is 32.1. The summed E-state index contributed by atoms with van der Waals surface area (Å²) in [6, 6.07) is 15.6. The van der Waals surface area contributed by atoms with Crippen LogP contribution in [0.25, 0.3) is 5.76 Å². The number of Topliss-reactive ketones (excluding diaryl/α,β-unsaturated/α-hetero) is 1. The number of likely N-dealkylation sites (N-methyl/N-ethyl adjacent to an activating group) is 1. The van der Waals surface area contributed by atoms with Gasteiger partial charge >= 0.3 is 0 Å². The van der Waals surface area contributed by atoms with Gasteiger partial charge in [-0.2, -0.15) is 0 Å². The van der Waals surface area contributed by atoms with Crippen molar-refractivity contribution in [2.45, 2.75) is 12.1 Å². The molecule has 3 heterocycles. The minimum absolute atomic E-state index is 0.0888. The highest BCUT2D eigenvalue weighted by Crippen LogP contribution is 2.40. The van der Waals surface area contributed by atoms with Gasteiger partial charge in [-0.25, -0.2) is 0 Å². The van der Waals surface area contributed by atoms with Gasteiger partial charge in [0.2, 0.25) is 0 Å². The fraction of sp³-hybridized carbons (Fsp3) is 0.208. The lowest BCUT2D eigenvalue weighted by Gasteiger charge is -2.32. The van der Waals surface area contributed by atoms with E-state index >= 15 is 0 Å². The maximum absolute atomic E-state index is 13.2. The Balaban J connectivity index is 1.83. The molecule has 1 N–H and O–H groups in total. The van der Waals surface area contributed by atoms with E-state index in [4.69, 9.17) is 0 Å². The van der Waals surface area contributed by atoms with Crippen molar-refractivity contribution < 1.29 is 14.7 Å². The van der Waals surface area contributed by atoms with Crippen LogP contribution in [0.5, 0.6) is 0 Å². The molecule has 4 rings (SSSR count). The molecule has 1 saturated heterocycles. The number of carbonyl (C=O) groups excluding carboxylic acids is 2. The Morgan fingerprint density at radius 3 is 2.52 bits per heavy atom. The summed E-state index contributed by atoms with van der Waals surface area (Å²) in [5, 5.41) is 13.0. The number of aliphatic hydroxyl groups is 1. The fourth-order valence-corrected chi connectivity index (χ4v) is 4.79. The van der Waals surface area contributed by atoms with E-state index in [2.05, 4.69) is 4.98 Å². The molecule has 1 aliphatic heterocycles. The first-order valence-corrected chi connectivity index (χ1v) is 10.8. The van der Waals surface area contributed by atoms with Gasteiger partial charge in [0, 0.05) is 29.4 Å². The standard InChI is InChI=1S/C24H23N3O3S/c1-26(2)18(19-11-7-13-31-19)15-27-21(17-10-6-12-25-14-17)20(23(29)24(27)30)22(28)16-8-4-3-5-9-16/h3-14,18,21,28H,15H2,1-2H3/t18-,21+/m1/s1. The molecule has 1 fully saturated rings. The van der Waals surface area contributed by atoms with Gasteiger partial charge in [0.15, 0.2) is 0 Å². The van der Waals surface area contributed by atoms with E-state index in [1.165, 1.54) is 0 Å². The fourth-order valence-electron chi connectivity index (χ4n) is 3.88. The molecule has 1 aliphatic rings. The lowest BCUT2D eigenvalue weighted by molar-refractivity contribution is -0.140. The number of carbonyl (C=O) groups is 2. The van der Waals surface area contributed by atoms with Crippen molar-refractivity contribution in [3.8, 4) is 0 Å². The van der Waals surface area contributed by atoms with Crippen molar-refractivity contribution in [3.63, 3.8) is 0 Å². The van der Waals surface area contributed by atoms with E-state index in [1.807, 2.05) is 48.6 Å². The number of hydrogen-bond donors (Lipinski definition) is 1. The summed E-state index contributed by atoms with van der Waals surface area (Å²) in [6.07, 6.45) is 3.28. The second kappa shape index (κ2) is 8.83. The zero-order chi connectivity index (χ0) is 22.0. The van der Waals surface area contributed by atoms with E-state index < -0.39 is 17.7 Å². The Bertz CT molecular complexity index is 1100. The summed E-state index contributed by atoms with van der Waals surface area (Å²) < 4.78 is 0. The molecular weight excluding hydrogens is 410 g/mol. The van der Waals surface area contributed by atoms with Gasteiger partial charge in [-0.1, -0.05) is 42.5 Å². The largest absolute Gasteiger partial charge is 0.507 e. The average Bonchev–Trinajstić information content (AvgIpc) is 3.40. The Hall–Kier alpha value is -3.29. The smallest absolute Gasteiger partial charge is 0.295 e. The number of pyridine rings is 1. The van der Waals surface area contributed by atoms with Crippen LogP contribution in [0.3, 0.4) is 0 Å². The zero-order valence-electron chi connectivity index (χ0n) is 17.3. The first-order valence-electron chi connectivity index (χ1n) is 9.92. The molecule has 0 spiro atoms. The van der Waals surface area contributed by atoms with Crippen molar-refractivity contribution >= 4 is 28.8 Å². The number of amides is 1. The van der Waals surface area contributed by atoms with Gasteiger partial charge in [-0.15, -0.1) is 11.3 Å². The van der Waals surface area contributed by atoms with Gasteiger partial charge < -0.3 is 14.9 Å². The Morgan fingerprint density at radius 1 is 1.13 bits per heavy atom. The van der Waals surface area contributed by atoms with E-state index in [9.17, 15) is 14.7 Å². The van der Waals surface area contributed by atoms with Gasteiger partial charge in [0.25, 0.3) is 11.7 Å². The van der Waals surface area contributed by atoms with Crippen LogP contribution in [0.2, 0.25) is 0 Å². The van der Waals surface area contributed by atoms with Crippen LogP contribution in [0.1, 0.15) is 28.1 Å². The molecule has 3 aromatic rings. The maximum atomic E-state index is 13.2. The monoisotopic (exact) mass is 433 g/mol. The predicted octanol–water partition coefficient (Wildman–Crippen LogP) is 3.87. The molecule has 1 aromatic carbocycles. The van der Waals surface area contributed by atoms with Crippen LogP contribution in [0, 0.1) is 0 Å². The molecule has 7 heteroatoms. The molecule has 0 unspecified atom stereocenters. The molecule has 158 valence electrons. The van der Waals surface area contributed by atoms with Gasteiger partial charge in [0.05, 0.1) is 17.7 Å². The number of rotatable bonds is 6. The Morgan fingerprint density at radius 2 is 1.90 bits per heavy atom. The van der Waals surface area contributed by atoms with E-state index in [1.54, 1.807) is 59.0 Å². The molecule has 31 heavy (non-hydrogen) atoms. The van der Waals surface area contributed by atoms with E-state index in [0.717, 1.165) is 4.88 Å². The average molecular weight is 434 g/mol. The normalized spacial score (nSPS) is 19.2. The van der Waals surface area contributed by atoms with Crippen molar-refractivity contribution in [1.29, 1.82) is 0 Å². The summed E-state index contributed by atoms with van der Waals surface area (Å²) in [6.45, 7) is 0.309. The summed E-state index contributed by atoms with van der Waals surface area (Å²) >= 11 is 1.61. The van der Waals surface area contributed by atoms with Crippen molar-refractivity contribution in [3.05, 3.63) is 93.9 Å². The zero-order valence-corrected chi connectivity index (χ0v) is 18.1. The minimum Gasteiger partial charge on any atom is -0.507 e. The number of aromatic nitrogens is 1. The maximum Gasteiger partial charge on any atom is 0.295 e. The SMILES string of the molecule is CN(C)[C@H](CN1C(=O)C(=O)C(=C(O)c2ccccc2)[C@@H]1c1cccnc1)c1cccs1. The molecule has 0 saturated carbocycles. The number of nitrogens with zero attached hydrogens (tertiary/aromatic N) is 3. The highest BCUT2D eigenvalue weighted by Gasteiger charge is 2.47. The topological polar surface area (TPSA) is 73.7 Å². The molecule has 6 nitrogen and oxygen atoms in total. The second-order valence-electron chi connectivity index (χ2n) is 7.60. The molecule has 0 radical (unpaired) electrons. The quantitative estimate of drug-likeness (QED) is 0.363. The van der Waals surface area contributed by atoms with E-state index in [0.29, 0.717) is 17.7 Å². The number of thiophene rings is 1. The Kier molecular flexibility index (Phi) is 5.97. The minimum atomic E-state index is -0.712. The predicted molar refractivity (Wildman–Crippen MR) is 120 cm³/mol. The van der Waals surface area contributed by atoms with Gasteiger partial charge in [-0.05, 0) is 37.2 Å². The second-order valence-corrected chi connectivity index (χ2v) is 8.58. The molecule has 2 atom stereocenters. The number of hydrogen-bond acceptors (Lipinski definition) is 6. The summed E-state index contributed by atoms with van der Waals surface area (Å²) in [7, 11) is 3.90. The molecule has 1 amide bonds. The van der Waals surface area contributed by atoms with Gasteiger partial charge in [-0.3, -0.25) is 14.6 Å². The number of aliphatic hydroxyl groups excluding tert-OH is 1. The van der Waals surface area contributed by atoms with Crippen LogP contribution < -0.4 is 0 Å².